The monoisotopic (exact) mass is 343 g/mol. The highest BCUT2D eigenvalue weighted by Crippen LogP contribution is 2.25. The summed E-state index contributed by atoms with van der Waals surface area (Å²) in [5, 5.41) is 15.0. The van der Waals surface area contributed by atoms with E-state index in [2.05, 4.69) is 44.6 Å². The molecular weight excluding hydrogens is 322 g/mol. The minimum absolute atomic E-state index is 0.261. The van der Waals surface area contributed by atoms with Crippen molar-refractivity contribution in [1.29, 1.82) is 0 Å². The fourth-order valence-corrected chi connectivity index (χ4v) is 2.12. The molecule has 0 aliphatic rings. The Morgan fingerprint density at radius 1 is 1.08 bits per heavy atom. The molecule has 0 saturated carbocycles. The van der Waals surface area contributed by atoms with Crippen LogP contribution in [0.25, 0.3) is 11.4 Å². The van der Waals surface area contributed by atoms with Gasteiger partial charge < -0.3 is 14.7 Å². The molecule has 0 bridgehead atoms. The van der Waals surface area contributed by atoms with Crippen LogP contribution in [-0.4, -0.2) is 39.5 Å². The van der Waals surface area contributed by atoms with Gasteiger partial charge in [-0.15, -0.1) is 0 Å². The molecule has 0 amide bonds. The van der Waals surface area contributed by atoms with Crippen LogP contribution >= 0.6 is 0 Å². The molecule has 1 N–H and O–H groups in total. The van der Waals surface area contributed by atoms with Crippen LogP contribution in [0.1, 0.15) is 36.9 Å². The van der Waals surface area contributed by atoms with E-state index in [0.29, 0.717) is 29.7 Å². The second-order valence-corrected chi connectivity index (χ2v) is 6.25. The Bertz CT molecular complexity index is 854. The Kier molecular flexibility index (Phi) is 4.64. The summed E-state index contributed by atoms with van der Waals surface area (Å²) in [6, 6.07) is 3.74. The summed E-state index contributed by atoms with van der Waals surface area (Å²) >= 11 is 0. The van der Waals surface area contributed by atoms with Crippen LogP contribution in [-0.2, 0) is 6.54 Å². The van der Waals surface area contributed by atoms with Gasteiger partial charge in [0, 0.05) is 32.1 Å². The molecule has 0 radical (unpaired) electrons. The topological polar surface area (TPSA) is 106 Å². The van der Waals surface area contributed by atoms with Crippen molar-refractivity contribution in [1.82, 2.24) is 25.4 Å². The number of anilines is 2. The van der Waals surface area contributed by atoms with Crippen molar-refractivity contribution in [3.05, 3.63) is 29.3 Å². The second-order valence-electron chi connectivity index (χ2n) is 6.25. The highest BCUT2D eigenvalue weighted by Gasteiger charge is 2.14. The van der Waals surface area contributed by atoms with Crippen LogP contribution in [0, 0.1) is 6.92 Å². The zero-order chi connectivity index (χ0) is 18.0. The Balaban J connectivity index is 1.89. The van der Waals surface area contributed by atoms with E-state index >= 15 is 0 Å². The standard InChI is InChI=1S/C16H21N7O2/c1-9(2)14-6-12(21-24-14)11-7-15(19-16(18-11)23(4)5)17-8-13-10(3)20-25-22-13/h6-7,9H,8H2,1-5H3,(H,17,18,19). The average Bonchev–Trinajstić information content (AvgIpc) is 3.22. The quantitative estimate of drug-likeness (QED) is 0.722. The molecule has 0 aliphatic heterocycles. The first-order valence-corrected chi connectivity index (χ1v) is 7.99. The smallest absolute Gasteiger partial charge is 0.227 e. The predicted molar refractivity (Wildman–Crippen MR) is 92.3 cm³/mol. The maximum Gasteiger partial charge on any atom is 0.227 e. The summed E-state index contributed by atoms with van der Waals surface area (Å²) in [6.45, 7) is 6.40. The second kappa shape index (κ2) is 6.88. The molecular formula is C16H21N7O2. The molecule has 0 fully saturated rings. The lowest BCUT2D eigenvalue weighted by atomic mass is 10.1. The molecule has 0 saturated heterocycles. The maximum absolute atomic E-state index is 5.38. The minimum atomic E-state index is 0.261. The van der Waals surface area contributed by atoms with Crippen molar-refractivity contribution in [2.75, 3.05) is 24.3 Å². The molecule has 3 rings (SSSR count). The van der Waals surface area contributed by atoms with Crippen LogP contribution in [0.5, 0.6) is 0 Å². The van der Waals surface area contributed by atoms with E-state index < -0.39 is 0 Å². The Morgan fingerprint density at radius 3 is 2.48 bits per heavy atom. The van der Waals surface area contributed by atoms with E-state index in [1.54, 1.807) is 0 Å². The molecule has 0 aliphatic carbocycles. The van der Waals surface area contributed by atoms with Crippen molar-refractivity contribution in [2.45, 2.75) is 33.2 Å². The van der Waals surface area contributed by atoms with Gasteiger partial charge in [0.1, 0.15) is 28.7 Å². The van der Waals surface area contributed by atoms with Crippen LogP contribution < -0.4 is 10.2 Å². The molecule has 0 spiro atoms. The molecule has 0 unspecified atom stereocenters. The van der Waals surface area contributed by atoms with Crippen molar-refractivity contribution in [3.8, 4) is 11.4 Å². The van der Waals surface area contributed by atoms with Crippen LogP contribution in [0.15, 0.2) is 21.3 Å². The van der Waals surface area contributed by atoms with Crippen molar-refractivity contribution in [3.63, 3.8) is 0 Å². The zero-order valence-corrected chi connectivity index (χ0v) is 14.9. The number of aromatic nitrogens is 5. The summed E-state index contributed by atoms with van der Waals surface area (Å²) in [5.74, 6) is 2.31. The molecule has 9 heteroatoms. The van der Waals surface area contributed by atoms with Crippen LogP contribution in [0.4, 0.5) is 11.8 Å². The fourth-order valence-electron chi connectivity index (χ4n) is 2.12. The van der Waals surface area contributed by atoms with E-state index in [1.165, 1.54) is 0 Å². The number of hydrogen-bond acceptors (Lipinski definition) is 9. The highest BCUT2D eigenvalue weighted by molar-refractivity contribution is 5.61. The summed E-state index contributed by atoms with van der Waals surface area (Å²) in [4.78, 5) is 10.9. The fraction of sp³-hybridized carbons (Fsp3) is 0.438. The van der Waals surface area contributed by atoms with Gasteiger partial charge in [-0.05, 0) is 6.92 Å². The van der Waals surface area contributed by atoms with Gasteiger partial charge in [-0.2, -0.15) is 4.98 Å². The van der Waals surface area contributed by atoms with Gasteiger partial charge in [0.05, 0.1) is 12.2 Å². The molecule has 0 atom stereocenters. The summed E-state index contributed by atoms with van der Waals surface area (Å²) < 4.78 is 10.1. The SMILES string of the molecule is Cc1nonc1CNc1cc(-c2cc(C(C)C)on2)nc(N(C)C)n1. The number of nitrogens with zero attached hydrogens (tertiary/aromatic N) is 6. The van der Waals surface area contributed by atoms with Crippen LogP contribution in [0.3, 0.4) is 0 Å². The normalized spacial score (nSPS) is 11.1. The van der Waals surface area contributed by atoms with E-state index in [0.717, 1.165) is 17.1 Å². The molecule has 9 nitrogen and oxygen atoms in total. The molecule has 132 valence electrons. The Labute approximate surface area is 145 Å². The van der Waals surface area contributed by atoms with E-state index in [-0.39, 0.29) is 5.92 Å². The summed E-state index contributed by atoms with van der Waals surface area (Å²) in [7, 11) is 3.77. The van der Waals surface area contributed by atoms with Gasteiger partial charge in [-0.3, -0.25) is 0 Å². The summed E-state index contributed by atoms with van der Waals surface area (Å²) in [6.07, 6.45) is 0. The Hall–Kier alpha value is -2.97. The molecule has 3 heterocycles. The third kappa shape index (κ3) is 3.76. The van der Waals surface area contributed by atoms with Crippen molar-refractivity contribution < 1.29 is 9.15 Å². The molecule has 3 aromatic heterocycles. The number of hydrogen-bond donors (Lipinski definition) is 1. The van der Waals surface area contributed by atoms with E-state index in [9.17, 15) is 0 Å². The van der Waals surface area contributed by atoms with Crippen molar-refractivity contribution >= 4 is 11.8 Å². The van der Waals surface area contributed by atoms with Gasteiger partial charge in [0.15, 0.2) is 0 Å². The average molecular weight is 343 g/mol. The van der Waals surface area contributed by atoms with Crippen molar-refractivity contribution in [2.24, 2.45) is 0 Å². The van der Waals surface area contributed by atoms with Gasteiger partial charge in [0.25, 0.3) is 0 Å². The van der Waals surface area contributed by atoms with Crippen LogP contribution in [0.2, 0.25) is 0 Å². The first-order chi connectivity index (χ1) is 11.9. The number of aryl methyl sites for hydroxylation is 1. The summed E-state index contributed by atoms with van der Waals surface area (Å²) in [5.41, 5.74) is 2.84. The predicted octanol–water partition coefficient (Wildman–Crippen LogP) is 2.62. The Morgan fingerprint density at radius 2 is 1.88 bits per heavy atom. The number of nitrogens with one attached hydrogen (secondary N) is 1. The first-order valence-electron chi connectivity index (χ1n) is 7.99. The first kappa shape index (κ1) is 16.9. The third-order valence-electron chi connectivity index (χ3n) is 3.66. The number of rotatable bonds is 6. The minimum Gasteiger partial charge on any atom is -0.364 e. The van der Waals surface area contributed by atoms with Gasteiger partial charge >= 0.3 is 0 Å². The highest BCUT2D eigenvalue weighted by atomic mass is 16.6. The molecule has 25 heavy (non-hydrogen) atoms. The van der Waals surface area contributed by atoms with E-state index in [4.69, 9.17) is 9.15 Å². The zero-order valence-electron chi connectivity index (χ0n) is 14.9. The van der Waals surface area contributed by atoms with Gasteiger partial charge in [-0.25, -0.2) is 9.61 Å². The molecule has 3 aromatic rings. The lowest BCUT2D eigenvalue weighted by Crippen LogP contribution is -2.14. The third-order valence-corrected chi connectivity index (χ3v) is 3.66. The van der Waals surface area contributed by atoms with Gasteiger partial charge in [-0.1, -0.05) is 29.3 Å². The maximum atomic E-state index is 5.38. The lowest BCUT2D eigenvalue weighted by Gasteiger charge is -2.13. The van der Waals surface area contributed by atoms with E-state index in [1.807, 2.05) is 38.1 Å². The molecule has 0 aromatic carbocycles. The largest absolute Gasteiger partial charge is 0.364 e. The van der Waals surface area contributed by atoms with Gasteiger partial charge in [0.2, 0.25) is 5.95 Å². The lowest BCUT2D eigenvalue weighted by molar-refractivity contribution is 0.301.